The predicted octanol–water partition coefficient (Wildman–Crippen LogP) is 2.94. The number of carboxylic acid groups (broad SMARTS) is 1. The molecule has 0 spiro atoms. The van der Waals surface area contributed by atoms with Crippen LogP contribution in [-0.4, -0.2) is 39.0 Å². The van der Waals surface area contributed by atoms with Crippen LogP contribution >= 0.6 is 23.5 Å². The second-order valence-electron chi connectivity index (χ2n) is 5.35. The van der Waals surface area contributed by atoms with Crippen LogP contribution in [0.1, 0.15) is 31.7 Å². The molecule has 0 radical (unpaired) electrons. The summed E-state index contributed by atoms with van der Waals surface area (Å²) in [5.74, 6) is -1.04. The molecule has 1 aromatic rings. The molecule has 2 atom stereocenters. The second-order valence-corrected chi connectivity index (χ2v) is 7.87. The van der Waals surface area contributed by atoms with Gasteiger partial charge < -0.3 is 10.4 Å². The minimum absolute atomic E-state index is 0.0153. The predicted molar refractivity (Wildman–Crippen MR) is 99.1 cm³/mol. The largest absolute Gasteiger partial charge is 0.481 e. The van der Waals surface area contributed by atoms with Crippen LogP contribution < -0.4 is 5.32 Å². The molecule has 132 valence electrons. The van der Waals surface area contributed by atoms with Crippen molar-refractivity contribution < 1.29 is 19.5 Å². The summed E-state index contributed by atoms with van der Waals surface area (Å²) in [4.78, 5) is 34.3. The van der Waals surface area contributed by atoms with Gasteiger partial charge in [0.05, 0.1) is 5.37 Å². The molecule has 0 aliphatic carbocycles. The first-order valence-electron chi connectivity index (χ1n) is 7.65. The Bertz CT molecular complexity index is 551. The van der Waals surface area contributed by atoms with E-state index in [4.69, 9.17) is 5.11 Å². The molecule has 7 heteroatoms. The fourth-order valence-electron chi connectivity index (χ4n) is 2.22. The maximum absolute atomic E-state index is 12.2. The zero-order chi connectivity index (χ0) is 17.9. The minimum Gasteiger partial charge on any atom is -0.481 e. The van der Waals surface area contributed by atoms with Crippen molar-refractivity contribution in [1.29, 1.82) is 0 Å². The number of benzene rings is 1. The Balaban J connectivity index is 2.59. The summed E-state index contributed by atoms with van der Waals surface area (Å²) in [6, 6.07) is 9.74. The third kappa shape index (κ3) is 8.98. The summed E-state index contributed by atoms with van der Waals surface area (Å²) in [5.41, 5.74) is 1.08. The van der Waals surface area contributed by atoms with Gasteiger partial charge in [-0.2, -0.15) is 0 Å². The van der Waals surface area contributed by atoms with Crippen molar-refractivity contribution in [1.82, 2.24) is 5.32 Å². The molecular formula is C17H23NO4S2. The molecule has 2 N–H and O–H groups in total. The van der Waals surface area contributed by atoms with E-state index < -0.39 is 5.97 Å². The lowest BCUT2D eigenvalue weighted by Gasteiger charge is -2.19. The molecule has 5 nitrogen and oxygen atoms in total. The minimum atomic E-state index is -0.877. The quantitative estimate of drug-likeness (QED) is 0.617. The number of carbonyl (C=O) groups is 3. The Hall–Kier alpha value is -1.47. The van der Waals surface area contributed by atoms with E-state index in [2.05, 4.69) is 5.32 Å². The summed E-state index contributed by atoms with van der Waals surface area (Å²) in [6.07, 6.45) is 3.09. The smallest absolute Gasteiger partial charge is 0.303 e. The van der Waals surface area contributed by atoms with Crippen LogP contribution in [0, 0.1) is 0 Å². The fourth-order valence-corrected chi connectivity index (χ4v) is 3.80. The average Bonchev–Trinajstić information content (AvgIpc) is 2.51. The van der Waals surface area contributed by atoms with E-state index in [1.165, 1.54) is 30.4 Å². The number of thioether (sulfide) groups is 2. The molecule has 0 saturated heterocycles. The number of rotatable bonds is 10. The summed E-state index contributed by atoms with van der Waals surface area (Å²) >= 11 is 2.59. The van der Waals surface area contributed by atoms with Crippen molar-refractivity contribution in [3.8, 4) is 0 Å². The van der Waals surface area contributed by atoms with Crippen molar-refractivity contribution in [2.75, 3.05) is 6.26 Å². The maximum atomic E-state index is 12.2. The molecular weight excluding hydrogens is 346 g/mol. The highest BCUT2D eigenvalue weighted by Gasteiger charge is 2.19. The van der Waals surface area contributed by atoms with Crippen molar-refractivity contribution in [3.63, 3.8) is 0 Å². The average molecular weight is 370 g/mol. The van der Waals surface area contributed by atoms with Crippen LogP contribution in [0.5, 0.6) is 0 Å². The van der Waals surface area contributed by atoms with Gasteiger partial charge in [-0.05, 0) is 24.7 Å². The standard InChI is InChI=1S/C17H23NO4S2/c1-12(19)24-14(10-13-6-4-3-5-7-13)11-15(20)18-16(23-2)8-9-17(21)22/h3-7,14,16H,8-11H2,1-2H3,(H,18,20)(H,21,22). The highest BCUT2D eigenvalue weighted by Crippen LogP contribution is 2.21. The first-order chi connectivity index (χ1) is 11.4. The number of aliphatic carboxylic acids is 1. The maximum Gasteiger partial charge on any atom is 0.303 e. The number of carbonyl (C=O) groups excluding carboxylic acids is 2. The summed E-state index contributed by atoms with van der Waals surface area (Å²) in [7, 11) is 0. The molecule has 0 bridgehead atoms. The third-order valence-corrected chi connectivity index (χ3v) is 5.20. The SMILES string of the molecule is CSC(CCC(=O)O)NC(=O)CC(Cc1ccccc1)SC(C)=O. The Labute approximate surface area is 151 Å². The third-order valence-electron chi connectivity index (χ3n) is 3.28. The van der Waals surface area contributed by atoms with Crippen molar-refractivity contribution in [2.45, 2.75) is 43.2 Å². The first-order valence-corrected chi connectivity index (χ1v) is 9.82. The number of nitrogens with one attached hydrogen (secondary N) is 1. The Morgan fingerprint density at radius 1 is 1.21 bits per heavy atom. The monoisotopic (exact) mass is 369 g/mol. The van der Waals surface area contributed by atoms with E-state index in [0.717, 1.165) is 5.56 Å². The van der Waals surface area contributed by atoms with Crippen LogP contribution in [0.2, 0.25) is 0 Å². The Morgan fingerprint density at radius 3 is 2.42 bits per heavy atom. The number of carboxylic acids is 1. The lowest BCUT2D eigenvalue weighted by Crippen LogP contribution is -2.35. The Kier molecular flexibility index (Phi) is 9.56. The van der Waals surface area contributed by atoms with E-state index in [1.54, 1.807) is 0 Å². The lowest BCUT2D eigenvalue weighted by molar-refractivity contribution is -0.137. The molecule has 1 rings (SSSR count). The molecule has 1 aromatic carbocycles. The highest BCUT2D eigenvalue weighted by atomic mass is 32.2. The second kappa shape index (κ2) is 11.1. The molecule has 0 aliphatic rings. The normalized spacial score (nSPS) is 13.1. The van der Waals surface area contributed by atoms with Gasteiger partial charge in [0.2, 0.25) is 5.91 Å². The van der Waals surface area contributed by atoms with Gasteiger partial charge in [-0.15, -0.1) is 11.8 Å². The van der Waals surface area contributed by atoms with Crippen molar-refractivity contribution >= 4 is 40.5 Å². The van der Waals surface area contributed by atoms with E-state index in [0.29, 0.717) is 12.8 Å². The number of hydrogen-bond acceptors (Lipinski definition) is 5. The zero-order valence-corrected chi connectivity index (χ0v) is 15.5. The highest BCUT2D eigenvalue weighted by molar-refractivity contribution is 8.14. The van der Waals surface area contributed by atoms with Gasteiger partial charge in [0, 0.05) is 25.0 Å². The van der Waals surface area contributed by atoms with Gasteiger partial charge in [0.1, 0.15) is 0 Å². The summed E-state index contributed by atoms with van der Waals surface area (Å²) in [5, 5.41) is 11.2. The number of amides is 1. The molecule has 0 saturated carbocycles. The lowest BCUT2D eigenvalue weighted by atomic mass is 10.1. The van der Waals surface area contributed by atoms with E-state index >= 15 is 0 Å². The van der Waals surface area contributed by atoms with E-state index in [9.17, 15) is 14.4 Å². The first kappa shape index (κ1) is 20.6. The molecule has 0 aromatic heterocycles. The van der Waals surface area contributed by atoms with Crippen LogP contribution in [-0.2, 0) is 20.8 Å². The topological polar surface area (TPSA) is 83.5 Å². The van der Waals surface area contributed by atoms with Crippen molar-refractivity contribution in [3.05, 3.63) is 35.9 Å². The van der Waals surface area contributed by atoms with Gasteiger partial charge in [-0.3, -0.25) is 14.4 Å². The molecule has 1 amide bonds. The van der Waals surface area contributed by atoms with Gasteiger partial charge in [0.25, 0.3) is 0 Å². The van der Waals surface area contributed by atoms with Gasteiger partial charge >= 0.3 is 5.97 Å². The molecule has 24 heavy (non-hydrogen) atoms. The van der Waals surface area contributed by atoms with Crippen LogP contribution in [0.15, 0.2) is 30.3 Å². The zero-order valence-electron chi connectivity index (χ0n) is 13.9. The molecule has 0 heterocycles. The van der Waals surface area contributed by atoms with Crippen LogP contribution in [0.25, 0.3) is 0 Å². The summed E-state index contributed by atoms with van der Waals surface area (Å²) < 4.78 is 0. The van der Waals surface area contributed by atoms with Crippen molar-refractivity contribution in [2.24, 2.45) is 0 Å². The summed E-state index contributed by atoms with van der Waals surface area (Å²) in [6.45, 7) is 1.50. The van der Waals surface area contributed by atoms with Gasteiger partial charge in [0.15, 0.2) is 5.12 Å². The van der Waals surface area contributed by atoms with E-state index in [-0.39, 0.29) is 34.5 Å². The van der Waals surface area contributed by atoms with Crippen LogP contribution in [0.4, 0.5) is 0 Å². The Morgan fingerprint density at radius 2 is 1.88 bits per heavy atom. The van der Waals surface area contributed by atoms with E-state index in [1.807, 2.05) is 36.6 Å². The fraction of sp³-hybridized carbons (Fsp3) is 0.471. The van der Waals surface area contributed by atoms with Gasteiger partial charge in [-0.1, -0.05) is 42.1 Å². The number of hydrogen-bond donors (Lipinski definition) is 2. The molecule has 2 unspecified atom stereocenters. The molecule has 0 aliphatic heterocycles. The molecule has 0 fully saturated rings. The van der Waals surface area contributed by atoms with Gasteiger partial charge in [-0.25, -0.2) is 0 Å². The van der Waals surface area contributed by atoms with Crippen LogP contribution in [0.3, 0.4) is 0 Å².